The summed E-state index contributed by atoms with van der Waals surface area (Å²) in [6.45, 7) is 0. The van der Waals surface area contributed by atoms with Crippen molar-refractivity contribution in [3.05, 3.63) is 11.4 Å². The molecule has 120 valence electrons. The molecule has 21 heavy (non-hydrogen) atoms. The Morgan fingerprint density at radius 3 is 1.43 bits per heavy atom. The normalized spacial score (nSPS) is 14.9. The number of aliphatic carboxylic acids is 3. The maximum Gasteiger partial charge on any atom is 0.336 e. The molecule has 0 heterocycles. The zero-order chi connectivity index (χ0) is 16.6. The van der Waals surface area contributed by atoms with E-state index in [1.807, 2.05) is 0 Å². The van der Waals surface area contributed by atoms with E-state index in [1.165, 1.54) is 12.8 Å². The van der Waals surface area contributed by atoms with E-state index in [1.54, 1.807) is 0 Å². The highest BCUT2D eigenvalue weighted by Crippen LogP contribution is 2.16. The fourth-order valence-corrected chi connectivity index (χ4v) is 1.67. The molecule has 0 bridgehead atoms. The molecule has 1 aliphatic carbocycles. The summed E-state index contributed by atoms with van der Waals surface area (Å²) < 4.78 is 0. The van der Waals surface area contributed by atoms with Gasteiger partial charge >= 0.3 is 17.9 Å². The summed E-state index contributed by atoms with van der Waals surface area (Å²) >= 11 is 0. The molecule has 1 rings (SSSR count). The topological polar surface area (TPSA) is 184 Å². The standard InChI is InChI=1S/C6H12N2.C6H8O7/c7-5-3-1-2-4-6(5)8;7-3(8)1-6(13,5(11)12)2-4(9)10/h1-4,7-8H2;13H,1-2H2,(H,7,8)(H,9,10)(H,11,12). The van der Waals surface area contributed by atoms with Crippen LogP contribution in [-0.2, 0) is 14.4 Å². The monoisotopic (exact) mass is 304 g/mol. The third-order valence-corrected chi connectivity index (χ3v) is 2.84. The van der Waals surface area contributed by atoms with Crippen molar-refractivity contribution in [2.45, 2.75) is 44.1 Å². The number of aliphatic hydroxyl groups is 1. The van der Waals surface area contributed by atoms with Crippen molar-refractivity contribution in [3.8, 4) is 0 Å². The predicted molar refractivity (Wildman–Crippen MR) is 71.0 cm³/mol. The smallest absolute Gasteiger partial charge is 0.336 e. The van der Waals surface area contributed by atoms with Crippen LogP contribution in [0.15, 0.2) is 11.4 Å². The Labute approximate surface area is 120 Å². The number of hydrogen-bond acceptors (Lipinski definition) is 6. The highest BCUT2D eigenvalue weighted by atomic mass is 16.4. The molecule has 0 aromatic rings. The lowest BCUT2D eigenvalue weighted by Gasteiger charge is -2.18. The van der Waals surface area contributed by atoms with E-state index in [4.69, 9.17) is 31.9 Å². The number of carbonyl (C=O) groups is 3. The zero-order valence-corrected chi connectivity index (χ0v) is 11.4. The van der Waals surface area contributed by atoms with Crippen molar-refractivity contribution in [2.75, 3.05) is 0 Å². The van der Waals surface area contributed by atoms with Crippen molar-refractivity contribution in [1.29, 1.82) is 0 Å². The summed E-state index contributed by atoms with van der Waals surface area (Å²) in [4.78, 5) is 30.5. The molecular formula is C12H20N2O7. The van der Waals surface area contributed by atoms with Gasteiger partial charge in [0.05, 0.1) is 12.8 Å². The number of carboxylic acids is 3. The lowest BCUT2D eigenvalue weighted by atomic mass is 9.96. The third-order valence-electron chi connectivity index (χ3n) is 2.84. The van der Waals surface area contributed by atoms with Gasteiger partial charge in [-0.05, 0) is 25.7 Å². The molecule has 0 atom stereocenters. The molecule has 8 N–H and O–H groups in total. The molecule has 0 aliphatic heterocycles. The predicted octanol–water partition coefficient (Wildman–Crippen LogP) is -0.559. The van der Waals surface area contributed by atoms with E-state index < -0.39 is 36.4 Å². The molecule has 9 heteroatoms. The van der Waals surface area contributed by atoms with Crippen molar-refractivity contribution in [2.24, 2.45) is 11.5 Å². The SMILES string of the molecule is NC1=C(N)CCCC1.O=C(O)CC(O)(CC(=O)O)C(=O)O. The zero-order valence-electron chi connectivity index (χ0n) is 11.4. The summed E-state index contributed by atoms with van der Waals surface area (Å²) in [6, 6.07) is 0. The second kappa shape index (κ2) is 8.10. The highest BCUT2D eigenvalue weighted by Gasteiger charge is 2.40. The molecule has 0 saturated carbocycles. The minimum Gasteiger partial charge on any atom is -0.481 e. The van der Waals surface area contributed by atoms with Gasteiger partial charge in [0.2, 0.25) is 0 Å². The van der Waals surface area contributed by atoms with Crippen LogP contribution in [0.4, 0.5) is 0 Å². The molecule has 9 nitrogen and oxygen atoms in total. The van der Waals surface area contributed by atoms with Crippen molar-refractivity contribution >= 4 is 17.9 Å². The minimum atomic E-state index is -2.74. The number of rotatable bonds is 5. The highest BCUT2D eigenvalue weighted by molar-refractivity contribution is 5.88. The lowest BCUT2D eigenvalue weighted by Crippen LogP contribution is -2.42. The summed E-state index contributed by atoms with van der Waals surface area (Å²) in [6.07, 6.45) is 2.15. The van der Waals surface area contributed by atoms with Gasteiger partial charge in [0.25, 0.3) is 0 Å². The second-order valence-corrected chi connectivity index (χ2v) is 4.74. The summed E-state index contributed by atoms with van der Waals surface area (Å²) in [5, 5.41) is 33.8. The number of carboxylic acid groups (broad SMARTS) is 3. The second-order valence-electron chi connectivity index (χ2n) is 4.74. The summed E-state index contributed by atoms with van der Waals surface area (Å²) in [5.41, 5.74) is 10.2. The van der Waals surface area contributed by atoms with Gasteiger partial charge in [0.15, 0.2) is 5.60 Å². The molecule has 0 aromatic carbocycles. The Hall–Kier alpha value is -2.29. The van der Waals surface area contributed by atoms with Gasteiger partial charge in [-0.1, -0.05) is 0 Å². The number of nitrogens with two attached hydrogens (primary N) is 2. The molecule has 0 amide bonds. The van der Waals surface area contributed by atoms with Crippen LogP contribution in [0.25, 0.3) is 0 Å². The fourth-order valence-electron chi connectivity index (χ4n) is 1.67. The van der Waals surface area contributed by atoms with Crippen LogP contribution in [0.5, 0.6) is 0 Å². The van der Waals surface area contributed by atoms with E-state index in [2.05, 4.69) is 0 Å². The maximum atomic E-state index is 10.3. The van der Waals surface area contributed by atoms with Crippen LogP contribution in [0.1, 0.15) is 38.5 Å². The number of hydrogen-bond donors (Lipinski definition) is 6. The summed E-state index contributed by atoms with van der Waals surface area (Å²) in [5.74, 6) is -5.02. The van der Waals surface area contributed by atoms with Crippen LogP contribution in [0, 0.1) is 0 Å². The Morgan fingerprint density at radius 1 is 0.905 bits per heavy atom. The molecule has 0 spiro atoms. The minimum absolute atomic E-state index is 0.913. The Kier molecular flexibility index (Phi) is 7.22. The van der Waals surface area contributed by atoms with Crippen LogP contribution >= 0.6 is 0 Å². The third kappa shape index (κ3) is 7.16. The van der Waals surface area contributed by atoms with Crippen molar-refractivity contribution < 1.29 is 34.8 Å². The maximum absolute atomic E-state index is 10.3. The first-order chi connectivity index (χ1) is 9.58. The average molecular weight is 304 g/mol. The van der Waals surface area contributed by atoms with Crippen LogP contribution < -0.4 is 11.5 Å². The fraction of sp³-hybridized carbons (Fsp3) is 0.583. The van der Waals surface area contributed by atoms with Crippen molar-refractivity contribution in [1.82, 2.24) is 0 Å². The van der Waals surface area contributed by atoms with Crippen LogP contribution in [0.3, 0.4) is 0 Å². The summed E-state index contributed by atoms with van der Waals surface area (Å²) in [7, 11) is 0. The van der Waals surface area contributed by atoms with Gasteiger partial charge in [0, 0.05) is 11.4 Å². The van der Waals surface area contributed by atoms with E-state index in [0.717, 1.165) is 24.2 Å². The molecule has 0 aromatic heterocycles. The first-order valence-corrected chi connectivity index (χ1v) is 6.21. The first-order valence-electron chi connectivity index (χ1n) is 6.21. The molecule has 0 unspecified atom stereocenters. The van der Waals surface area contributed by atoms with Crippen molar-refractivity contribution in [3.63, 3.8) is 0 Å². The first kappa shape index (κ1) is 18.7. The Morgan fingerprint density at radius 2 is 1.24 bits per heavy atom. The molecule has 0 saturated heterocycles. The van der Waals surface area contributed by atoms with Gasteiger partial charge in [0.1, 0.15) is 0 Å². The van der Waals surface area contributed by atoms with Gasteiger partial charge < -0.3 is 31.9 Å². The van der Waals surface area contributed by atoms with E-state index in [-0.39, 0.29) is 0 Å². The average Bonchev–Trinajstić information content (AvgIpc) is 2.31. The number of allylic oxidation sites excluding steroid dienone is 2. The molecular weight excluding hydrogens is 284 g/mol. The molecule has 0 fully saturated rings. The largest absolute Gasteiger partial charge is 0.481 e. The Bertz CT molecular complexity index is 415. The van der Waals surface area contributed by atoms with E-state index in [0.29, 0.717) is 0 Å². The quantitative estimate of drug-likeness (QED) is 0.387. The van der Waals surface area contributed by atoms with Crippen LogP contribution in [0.2, 0.25) is 0 Å². The van der Waals surface area contributed by atoms with Gasteiger partial charge in [-0.3, -0.25) is 9.59 Å². The van der Waals surface area contributed by atoms with Gasteiger partial charge in [-0.25, -0.2) is 4.79 Å². The lowest BCUT2D eigenvalue weighted by molar-refractivity contribution is -0.170. The van der Waals surface area contributed by atoms with E-state index >= 15 is 0 Å². The Balaban J connectivity index is 0.000000423. The molecule has 0 radical (unpaired) electrons. The van der Waals surface area contributed by atoms with Gasteiger partial charge in [-0.15, -0.1) is 0 Å². The molecule has 1 aliphatic rings. The van der Waals surface area contributed by atoms with Crippen LogP contribution in [-0.4, -0.2) is 43.9 Å². The van der Waals surface area contributed by atoms with E-state index in [9.17, 15) is 14.4 Å². The van der Waals surface area contributed by atoms with Gasteiger partial charge in [-0.2, -0.15) is 0 Å².